The van der Waals surface area contributed by atoms with Gasteiger partial charge in [0.15, 0.2) is 6.10 Å². The van der Waals surface area contributed by atoms with E-state index >= 15 is 0 Å². The average Bonchev–Trinajstić information content (AvgIpc) is 2.40. The lowest BCUT2D eigenvalue weighted by Crippen LogP contribution is -2.42. The van der Waals surface area contributed by atoms with Crippen LogP contribution in [0.4, 0.5) is 0 Å². The van der Waals surface area contributed by atoms with E-state index in [2.05, 4.69) is 5.32 Å². The van der Waals surface area contributed by atoms with Crippen molar-refractivity contribution in [3.05, 3.63) is 29.3 Å². The molecule has 1 atom stereocenters. The molecule has 21 heavy (non-hydrogen) atoms. The van der Waals surface area contributed by atoms with Crippen LogP contribution in [0.1, 0.15) is 26.7 Å². The van der Waals surface area contributed by atoms with Crippen LogP contribution in [-0.2, 0) is 9.59 Å². The maximum absolute atomic E-state index is 12.1. The molecule has 0 spiro atoms. The van der Waals surface area contributed by atoms with Gasteiger partial charge in [-0.1, -0.05) is 31.5 Å². The fourth-order valence-electron chi connectivity index (χ4n) is 1.73. The third-order valence-corrected chi connectivity index (χ3v) is 3.02. The van der Waals surface area contributed by atoms with E-state index in [0.29, 0.717) is 23.7 Å². The van der Waals surface area contributed by atoms with Crippen molar-refractivity contribution in [2.45, 2.75) is 32.8 Å². The predicted octanol–water partition coefficient (Wildman–Crippen LogP) is 2.72. The second kappa shape index (κ2) is 8.52. The van der Waals surface area contributed by atoms with Crippen LogP contribution < -0.4 is 10.1 Å². The molecule has 0 aliphatic rings. The smallest absolute Gasteiger partial charge is 0.303 e. The summed E-state index contributed by atoms with van der Waals surface area (Å²) in [6.45, 7) is 4.07. The van der Waals surface area contributed by atoms with Gasteiger partial charge in [-0.25, -0.2) is 0 Å². The van der Waals surface area contributed by atoms with Crippen LogP contribution >= 0.6 is 11.6 Å². The first-order valence-corrected chi connectivity index (χ1v) is 7.19. The van der Waals surface area contributed by atoms with Crippen molar-refractivity contribution in [3.8, 4) is 5.75 Å². The standard InChI is InChI=1S/C15H20ClNO4/c1-10(2)14(15(20)17-8-4-7-13(18)19)21-12-6-3-5-11(16)9-12/h3,5-6,9-10,14H,4,7-8H2,1-2H3,(H,17,20)(H,18,19). The molecule has 1 aromatic rings. The van der Waals surface area contributed by atoms with E-state index in [1.807, 2.05) is 13.8 Å². The Hall–Kier alpha value is -1.75. The highest BCUT2D eigenvalue weighted by Crippen LogP contribution is 2.20. The zero-order valence-corrected chi connectivity index (χ0v) is 12.9. The number of carbonyl (C=O) groups is 2. The largest absolute Gasteiger partial charge is 0.481 e. The highest BCUT2D eigenvalue weighted by molar-refractivity contribution is 6.30. The first kappa shape index (κ1) is 17.3. The molecular weight excluding hydrogens is 294 g/mol. The Morgan fingerprint density at radius 3 is 2.67 bits per heavy atom. The van der Waals surface area contributed by atoms with E-state index in [-0.39, 0.29) is 18.2 Å². The minimum atomic E-state index is -0.875. The number of ether oxygens (including phenoxy) is 1. The van der Waals surface area contributed by atoms with Crippen LogP contribution in [0.15, 0.2) is 24.3 Å². The van der Waals surface area contributed by atoms with Crippen LogP contribution in [0.25, 0.3) is 0 Å². The van der Waals surface area contributed by atoms with Crippen LogP contribution in [0.2, 0.25) is 5.02 Å². The number of amides is 1. The molecule has 6 heteroatoms. The molecule has 2 N–H and O–H groups in total. The molecule has 0 saturated carbocycles. The molecule has 0 heterocycles. The quantitative estimate of drug-likeness (QED) is 0.724. The molecular formula is C15H20ClNO4. The number of rotatable bonds is 8. The summed E-state index contributed by atoms with van der Waals surface area (Å²) in [6, 6.07) is 6.86. The first-order chi connectivity index (χ1) is 9.90. The van der Waals surface area contributed by atoms with E-state index < -0.39 is 12.1 Å². The summed E-state index contributed by atoms with van der Waals surface area (Å²) in [4.78, 5) is 22.5. The number of benzene rings is 1. The number of hydrogen-bond acceptors (Lipinski definition) is 3. The van der Waals surface area contributed by atoms with Gasteiger partial charge in [0.2, 0.25) is 0 Å². The Kier molecular flexibility index (Phi) is 7.02. The van der Waals surface area contributed by atoms with Gasteiger partial charge in [-0.3, -0.25) is 9.59 Å². The maximum atomic E-state index is 12.1. The summed E-state index contributed by atoms with van der Waals surface area (Å²) < 4.78 is 5.68. The lowest BCUT2D eigenvalue weighted by Gasteiger charge is -2.22. The van der Waals surface area contributed by atoms with Gasteiger partial charge in [-0.05, 0) is 30.5 Å². The van der Waals surface area contributed by atoms with Gasteiger partial charge >= 0.3 is 5.97 Å². The summed E-state index contributed by atoms with van der Waals surface area (Å²) in [7, 11) is 0. The first-order valence-electron chi connectivity index (χ1n) is 6.82. The van der Waals surface area contributed by atoms with Crippen LogP contribution in [-0.4, -0.2) is 29.6 Å². The fourth-order valence-corrected chi connectivity index (χ4v) is 1.91. The lowest BCUT2D eigenvalue weighted by atomic mass is 10.1. The predicted molar refractivity (Wildman–Crippen MR) is 80.6 cm³/mol. The van der Waals surface area contributed by atoms with Gasteiger partial charge in [0.1, 0.15) is 5.75 Å². The summed E-state index contributed by atoms with van der Waals surface area (Å²) in [6.07, 6.45) is -0.224. The van der Waals surface area contributed by atoms with Crippen molar-refractivity contribution < 1.29 is 19.4 Å². The van der Waals surface area contributed by atoms with Gasteiger partial charge in [0.05, 0.1) is 0 Å². The Balaban J connectivity index is 2.56. The Morgan fingerprint density at radius 2 is 2.10 bits per heavy atom. The molecule has 0 aliphatic heterocycles. The molecule has 5 nitrogen and oxygen atoms in total. The van der Waals surface area contributed by atoms with Gasteiger partial charge in [0.25, 0.3) is 5.91 Å². The van der Waals surface area contributed by atoms with Gasteiger partial charge in [-0.15, -0.1) is 0 Å². The third-order valence-electron chi connectivity index (χ3n) is 2.79. The number of carboxylic acid groups (broad SMARTS) is 1. The highest BCUT2D eigenvalue weighted by atomic mass is 35.5. The van der Waals surface area contributed by atoms with Crippen molar-refractivity contribution in [2.24, 2.45) is 5.92 Å². The summed E-state index contributed by atoms with van der Waals surface area (Å²) in [5.41, 5.74) is 0. The maximum Gasteiger partial charge on any atom is 0.303 e. The number of halogens is 1. The topological polar surface area (TPSA) is 75.6 Å². The van der Waals surface area contributed by atoms with E-state index in [0.717, 1.165) is 0 Å². The van der Waals surface area contributed by atoms with Crippen molar-refractivity contribution in [3.63, 3.8) is 0 Å². The average molecular weight is 314 g/mol. The molecule has 1 amide bonds. The van der Waals surface area contributed by atoms with Crippen molar-refractivity contribution in [1.29, 1.82) is 0 Å². The second-order valence-electron chi connectivity index (χ2n) is 5.03. The van der Waals surface area contributed by atoms with Crippen LogP contribution in [0.5, 0.6) is 5.75 Å². The van der Waals surface area contributed by atoms with E-state index in [9.17, 15) is 9.59 Å². The number of nitrogens with one attached hydrogen (secondary N) is 1. The molecule has 1 rings (SSSR count). The Labute approximate surface area is 129 Å². The Morgan fingerprint density at radius 1 is 1.38 bits per heavy atom. The second-order valence-corrected chi connectivity index (χ2v) is 5.46. The van der Waals surface area contributed by atoms with E-state index in [1.165, 1.54) is 0 Å². The summed E-state index contributed by atoms with van der Waals surface area (Å²) >= 11 is 5.88. The molecule has 0 radical (unpaired) electrons. The SMILES string of the molecule is CC(C)C(Oc1cccc(Cl)c1)C(=O)NCCCC(=O)O. The molecule has 1 unspecified atom stereocenters. The summed E-state index contributed by atoms with van der Waals surface area (Å²) in [5, 5.41) is 11.8. The zero-order chi connectivity index (χ0) is 15.8. The minimum Gasteiger partial charge on any atom is -0.481 e. The van der Waals surface area contributed by atoms with Crippen molar-refractivity contribution >= 4 is 23.5 Å². The van der Waals surface area contributed by atoms with Crippen molar-refractivity contribution in [1.82, 2.24) is 5.32 Å². The lowest BCUT2D eigenvalue weighted by molar-refractivity contribution is -0.137. The number of aliphatic carboxylic acids is 1. The van der Waals surface area contributed by atoms with Crippen molar-refractivity contribution in [2.75, 3.05) is 6.54 Å². The van der Waals surface area contributed by atoms with E-state index in [1.54, 1.807) is 24.3 Å². The normalized spacial score (nSPS) is 12.0. The van der Waals surface area contributed by atoms with Gasteiger partial charge < -0.3 is 15.2 Å². The number of hydrogen-bond donors (Lipinski definition) is 2. The number of carbonyl (C=O) groups excluding carboxylic acids is 1. The molecule has 0 fully saturated rings. The van der Waals surface area contributed by atoms with Gasteiger partial charge in [-0.2, -0.15) is 0 Å². The van der Waals surface area contributed by atoms with Gasteiger partial charge in [0, 0.05) is 18.0 Å². The summed E-state index contributed by atoms with van der Waals surface area (Å²) in [5.74, 6) is -0.624. The number of carboxylic acids is 1. The molecule has 0 saturated heterocycles. The minimum absolute atomic E-state index is 0.0246. The molecule has 0 aliphatic carbocycles. The highest BCUT2D eigenvalue weighted by Gasteiger charge is 2.24. The van der Waals surface area contributed by atoms with Crippen LogP contribution in [0.3, 0.4) is 0 Å². The molecule has 116 valence electrons. The van der Waals surface area contributed by atoms with E-state index in [4.69, 9.17) is 21.4 Å². The van der Waals surface area contributed by atoms with Crippen LogP contribution in [0, 0.1) is 5.92 Å². The fraction of sp³-hybridized carbons (Fsp3) is 0.467. The zero-order valence-electron chi connectivity index (χ0n) is 12.1. The molecule has 0 bridgehead atoms. The Bertz CT molecular complexity index is 490. The molecule has 0 aromatic heterocycles. The molecule has 1 aromatic carbocycles. The monoisotopic (exact) mass is 313 g/mol. The third kappa shape index (κ3) is 6.49.